The SMILES string of the molecule is CCc1occc1C(=O)N(c1ccc(CN)cc1)C(C)C. The smallest absolute Gasteiger partial charge is 0.262 e. The molecular formula is C17H22N2O2. The Morgan fingerprint density at radius 1 is 1.24 bits per heavy atom. The maximum atomic E-state index is 12.8. The van der Waals surface area contributed by atoms with E-state index in [1.165, 1.54) is 0 Å². The van der Waals surface area contributed by atoms with Crippen molar-refractivity contribution < 1.29 is 9.21 Å². The van der Waals surface area contributed by atoms with Crippen molar-refractivity contribution in [1.82, 2.24) is 0 Å². The topological polar surface area (TPSA) is 59.5 Å². The molecule has 0 unspecified atom stereocenters. The van der Waals surface area contributed by atoms with Gasteiger partial charge in [-0.2, -0.15) is 0 Å². The molecule has 0 bridgehead atoms. The molecule has 1 amide bonds. The Morgan fingerprint density at radius 2 is 1.90 bits per heavy atom. The van der Waals surface area contributed by atoms with Gasteiger partial charge in [-0.05, 0) is 37.6 Å². The Labute approximate surface area is 125 Å². The zero-order chi connectivity index (χ0) is 15.4. The summed E-state index contributed by atoms with van der Waals surface area (Å²) >= 11 is 0. The van der Waals surface area contributed by atoms with Crippen molar-refractivity contribution in [2.75, 3.05) is 4.90 Å². The summed E-state index contributed by atoms with van der Waals surface area (Å²) in [6.45, 7) is 6.48. The Hall–Kier alpha value is -2.07. The van der Waals surface area contributed by atoms with Crippen LogP contribution in [0.15, 0.2) is 41.0 Å². The van der Waals surface area contributed by atoms with E-state index in [2.05, 4.69) is 0 Å². The predicted molar refractivity (Wildman–Crippen MR) is 84.4 cm³/mol. The quantitative estimate of drug-likeness (QED) is 0.917. The van der Waals surface area contributed by atoms with E-state index < -0.39 is 0 Å². The summed E-state index contributed by atoms with van der Waals surface area (Å²) in [7, 11) is 0. The van der Waals surface area contributed by atoms with Crippen molar-refractivity contribution in [2.45, 2.75) is 39.8 Å². The van der Waals surface area contributed by atoms with Crippen LogP contribution in [0.5, 0.6) is 0 Å². The number of hydrogen-bond donors (Lipinski definition) is 1. The lowest BCUT2D eigenvalue weighted by atomic mass is 10.1. The third-order valence-electron chi connectivity index (χ3n) is 3.48. The van der Waals surface area contributed by atoms with Crippen molar-refractivity contribution in [2.24, 2.45) is 5.73 Å². The van der Waals surface area contributed by atoms with Crippen LogP contribution in [0, 0.1) is 0 Å². The highest BCUT2D eigenvalue weighted by Gasteiger charge is 2.24. The normalized spacial score (nSPS) is 10.9. The number of rotatable bonds is 5. The van der Waals surface area contributed by atoms with E-state index in [1.807, 2.05) is 45.0 Å². The lowest BCUT2D eigenvalue weighted by Gasteiger charge is -2.27. The Morgan fingerprint density at radius 3 is 2.43 bits per heavy atom. The van der Waals surface area contributed by atoms with Crippen molar-refractivity contribution >= 4 is 11.6 Å². The van der Waals surface area contributed by atoms with Crippen LogP contribution >= 0.6 is 0 Å². The van der Waals surface area contributed by atoms with Crippen molar-refractivity contribution in [1.29, 1.82) is 0 Å². The van der Waals surface area contributed by atoms with E-state index in [4.69, 9.17) is 10.2 Å². The maximum absolute atomic E-state index is 12.8. The fourth-order valence-corrected chi connectivity index (χ4v) is 2.38. The standard InChI is InChI=1S/C17H22N2O2/c1-4-16-15(9-10-21-16)17(20)19(12(2)3)14-7-5-13(11-18)6-8-14/h5-10,12H,4,11,18H2,1-3H3. The van der Waals surface area contributed by atoms with Gasteiger partial charge in [0.2, 0.25) is 0 Å². The molecular weight excluding hydrogens is 264 g/mol. The van der Waals surface area contributed by atoms with Gasteiger partial charge in [-0.25, -0.2) is 0 Å². The minimum atomic E-state index is -0.0314. The molecule has 0 aliphatic rings. The van der Waals surface area contributed by atoms with Crippen molar-refractivity contribution in [3.63, 3.8) is 0 Å². The molecule has 0 aliphatic carbocycles. The second-order valence-corrected chi connectivity index (χ2v) is 5.25. The molecule has 1 aromatic carbocycles. The molecule has 0 spiro atoms. The molecule has 21 heavy (non-hydrogen) atoms. The van der Waals surface area contributed by atoms with Gasteiger partial charge in [0.1, 0.15) is 5.76 Å². The van der Waals surface area contributed by atoms with Crippen LogP contribution in [0.4, 0.5) is 5.69 Å². The van der Waals surface area contributed by atoms with Crippen molar-refractivity contribution in [3.05, 3.63) is 53.5 Å². The number of amides is 1. The van der Waals surface area contributed by atoms with Gasteiger partial charge in [0.15, 0.2) is 0 Å². The van der Waals surface area contributed by atoms with Gasteiger partial charge in [-0.3, -0.25) is 4.79 Å². The third kappa shape index (κ3) is 3.16. The van der Waals surface area contributed by atoms with Gasteiger partial charge in [0.25, 0.3) is 5.91 Å². The van der Waals surface area contributed by atoms with Gasteiger partial charge < -0.3 is 15.1 Å². The highest BCUT2D eigenvalue weighted by atomic mass is 16.3. The fourth-order valence-electron chi connectivity index (χ4n) is 2.38. The molecule has 2 rings (SSSR count). The van der Waals surface area contributed by atoms with Crippen LogP contribution in [0.3, 0.4) is 0 Å². The number of carbonyl (C=O) groups is 1. The van der Waals surface area contributed by atoms with Crippen LogP contribution in [0.1, 0.15) is 42.5 Å². The Balaban J connectivity index is 2.36. The number of aryl methyl sites for hydroxylation is 1. The zero-order valence-corrected chi connectivity index (χ0v) is 12.8. The average Bonchev–Trinajstić information content (AvgIpc) is 2.96. The molecule has 0 fully saturated rings. The summed E-state index contributed by atoms with van der Waals surface area (Å²) < 4.78 is 5.37. The number of nitrogens with two attached hydrogens (primary N) is 1. The summed E-state index contributed by atoms with van der Waals surface area (Å²) in [5, 5.41) is 0. The van der Waals surface area contributed by atoms with E-state index in [-0.39, 0.29) is 11.9 Å². The number of furan rings is 1. The number of benzene rings is 1. The summed E-state index contributed by atoms with van der Waals surface area (Å²) in [5.41, 5.74) is 8.17. The first-order valence-corrected chi connectivity index (χ1v) is 7.27. The molecule has 112 valence electrons. The molecule has 2 N–H and O–H groups in total. The number of nitrogens with zero attached hydrogens (tertiary/aromatic N) is 1. The van der Waals surface area contributed by atoms with E-state index in [0.717, 1.165) is 17.0 Å². The number of hydrogen-bond acceptors (Lipinski definition) is 3. The van der Waals surface area contributed by atoms with Gasteiger partial charge >= 0.3 is 0 Å². The lowest BCUT2D eigenvalue weighted by molar-refractivity contribution is 0.0978. The third-order valence-corrected chi connectivity index (χ3v) is 3.48. The lowest BCUT2D eigenvalue weighted by Crippen LogP contribution is -2.37. The maximum Gasteiger partial charge on any atom is 0.262 e. The molecule has 0 saturated carbocycles. The van der Waals surface area contributed by atoms with E-state index in [1.54, 1.807) is 17.2 Å². The molecule has 4 nitrogen and oxygen atoms in total. The van der Waals surface area contributed by atoms with Gasteiger partial charge in [-0.1, -0.05) is 19.1 Å². The van der Waals surface area contributed by atoms with E-state index >= 15 is 0 Å². The van der Waals surface area contributed by atoms with Gasteiger partial charge in [0.05, 0.1) is 11.8 Å². The van der Waals surface area contributed by atoms with Crippen LogP contribution in [0.25, 0.3) is 0 Å². The molecule has 2 aromatic rings. The van der Waals surface area contributed by atoms with E-state index in [0.29, 0.717) is 18.5 Å². The van der Waals surface area contributed by atoms with Gasteiger partial charge in [0, 0.05) is 24.7 Å². The monoisotopic (exact) mass is 286 g/mol. The summed E-state index contributed by atoms with van der Waals surface area (Å²) in [6.07, 6.45) is 2.27. The summed E-state index contributed by atoms with van der Waals surface area (Å²) in [6, 6.07) is 9.57. The minimum Gasteiger partial charge on any atom is -0.469 e. The molecule has 4 heteroatoms. The molecule has 1 aromatic heterocycles. The second kappa shape index (κ2) is 6.59. The number of carbonyl (C=O) groups excluding carboxylic acids is 1. The van der Waals surface area contributed by atoms with Crippen LogP contribution in [-0.4, -0.2) is 11.9 Å². The van der Waals surface area contributed by atoms with Crippen LogP contribution in [0.2, 0.25) is 0 Å². The summed E-state index contributed by atoms with van der Waals surface area (Å²) in [5.74, 6) is 0.695. The molecule has 1 heterocycles. The minimum absolute atomic E-state index is 0.0314. The second-order valence-electron chi connectivity index (χ2n) is 5.25. The Bertz CT molecular complexity index is 600. The zero-order valence-electron chi connectivity index (χ0n) is 12.8. The molecule has 0 aliphatic heterocycles. The van der Waals surface area contributed by atoms with Gasteiger partial charge in [-0.15, -0.1) is 0 Å². The van der Waals surface area contributed by atoms with Crippen LogP contribution < -0.4 is 10.6 Å². The number of anilines is 1. The largest absolute Gasteiger partial charge is 0.469 e. The van der Waals surface area contributed by atoms with Crippen molar-refractivity contribution in [3.8, 4) is 0 Å². The average molecular weight is 286 g/mol. The summed E-state index contributed by atoms with van der Waals surface area (Å²) in [4.78, 5) is 14.6. The molecule has 0 atom stereocenters. The first-order valence-electron chi connectivity index (χ1n) is 7.27. The van der Waals surface area contributed by atoms with E-state index in [9.17, 15) is 4.79 Å². The first kappa shape index (κ1) is 15.3. The highest BCUT2D eigenvalue weighted by Crippen LogP contribution is 2.23. The van der Waals surface area contributed by atoms with Crippen LogP contribution in [-0.2, 0) is 13.0 Å². The molecule has 0 radical (unpaired) electrons. The Kier molecular flexibility index (Phi) is 4.81. The first-order chi connectivity index (χ1) is 10.1. The fraction of sp³-hybridized carbons (Fsp3) is 0.353. The molecule has 0 saturated heterocycles. The predicted octanol–water partition coefficient (Wildman–Crippen LogP) is 3.36. The highest BCUT2D eigenvalue weighted by molar-refractivity contribution is 6.07.